The number of ether oxygens (including phenoxy) is 1. The first-order chi connectivity index (χ1) is 7.90. The van der Waals surface area contributed by atoms with E-state index in [2.05, 4.69) is 27.0 Å². The first-order valence-corrected chi connectivity index (χ1v) is 6.09. The minimum atomic E-state index is 0.381. The van der Waals surface area contributed by atoms with Crippen LogP contribution >= 0.6 is 0 Å². The van der Waals surface area contributed by atoms with Crippen LogP contribution in [0.2, 0.25) is 0 Å². The molecule has 1 aliphatic rings. The van der Waals surface area contributed by atoms with Gasteiger partial charge in [0, 0.05) is 19.7 Å². The number of hydrogen-bond acceptors (Lipinski definition) is 4. The molecular formula is C11H20N4O. The number of nitrogens with zero attached hydrogens (tertiary/aromatic N) is 3. The highest BCUT2D eigenvalue weighted by Gasteiger charge is 2.13. The van der Waals surface area contributed by atoms with Crippen molar-refractivity contribution in [3.8, 4) is 0 Å². The normalized spacial score (nSPS) is 21.2. The molecule has 1 saturated heterocycles. The van der Waals surface area contributed by atoms with Crippen molar-refractivity contribution < 1.29 is 4.74 Å². The first-order valence-electron chi connectivity index (χ1n) is 6.09. The van der Waals surface area contributed by atoms with Crippen molar-refractivity contribution >= 4 is 0 Å². The van der Waals surface area contributed by atoms with Crippen LogP contribution in [0.3, 0.4) is 0 Å². The fourth-order valence-corrected chi connectivity index (χ4v) is 1.99. The lowest BCUT2D eigenvalue weighted by Crippen LogP contribution is -2.32. The fraction of sp³-hybridized carbons (Fsp3) is 0.818. The van der Waals surface area contributed by atoms with E-state index in [1.165, 1.54) is 19.3 Å². The second kappa shape index (κ2) is 5.96. The third-order valence-corrected chi connectivity index (χ3v) is 2.97. The molecule has 1 N–H and O–H groups in total. The predicted octanol–water partition coefficient (Wildman–Crippen LogP) is 0.957. The Bertz CT molecular complexity index is 307. The topological polar surface area (TPSA) is 52.0 Å². The molecule has 0 saturated carbocycles. The van der Waals surface area contributed by atoms with Crippen molar-refractivity contribution in [2.45, 2.75) is 45.4 Å². The molecule has 1 unspecified atom stereocenters. The van der Waals surface area contributed by atoms with Crippen LogP contribution in [-0.4, -0.2) is 34.0 Å². The van der Waals surface area contributed by atoms with Crippen molar-refractivity contribution in [3.63, 3.8) is 0 Å². The van der Waals surface area contributed by atoms with Gasteiger partial charge in [-0.2, -0.15) is 0 Å². The number of aromatic nitrogens is 3. The van der Waals surface area contributed by atoms with Crippen molar-refractivity contribution in [1.29, 1.82) is 0 Å². The molecule has 0 aromatic carbocycles. The van der Waals surface area contributed by atoms with Crippen LogP contribution in [0.5, 0.6) is 0 Å². The molecule has 5 heteroatoms. The lowest BCUT2D eigenvalue weighted by Gasteiger charge is -2.22. The van der Waals surface area contributed by atoms with Crippen LogP contribution in [0.1, 0.15) is 32.0 Å². The number of rotatable bonds is 5. The van der Waals surface area contributed by atoms with Gasteiger partial charge >= 0.3 is 0 Å². The molecule has 1 aromatic heterocycles. The second-order valence-corrected chi connectivity index (χ2v) is 4.15. The van der Waals surface area contributed by atoms with Gasteiger partial charge in [0.2, 0.25) is 0 Å². The summed E-state index contributed by atoms with van der Waals surface area (Å²) in [5.41, 5.74) is 0. The molecule has 1 atom stereocenters. The fourth-order valence-electron chi connectivity index (χ4n) is 1.99. The molecule has 2 rings (SSSR count). The van der Waals surface area contributed by atoms with Crippen LogP contribution in [0.4, 0.5) is 0 Å². The minimum absolute atomic E-state index is 0.381. The Morgan fingerprint density at radius 1 is 1.56 bits per heavy atom. The summed E-state index contributed by atoms with van der Waals surface area (Å²) < 4.78 is 7.70. The smallest absolute Gasteiger partial charge is 0.146 e. The van der Waals surface area contributed by atoms with Gasteiger partial charge in [0.1, 0.15) is 12.2 Å². The maximum atomic E-state index is 5.65. The van der Waals surface area contributed by atoms with Gasteiger partial charge in [-0.3, -0.25) is 0 Å². The van der Waals surface area contributed by atoms with Crippen molar-refractivity contribution in [2.75, 3.05) is 13.2 Å². The number of hydrogen-bond donors (Lipinski definition) is 1. The lowest BCUT2D eigenvalue weighted by molar-refractivity contribution is 0.0166. The average molecular weight is 224 g/mol. The standard InChI is InChI=1S/C11H20N4O/c1-2-15-9-13-14-11(15)8-12-7-10-5-3-4-6-16-10/h9-10,12H,2-8H2,1H3. The zero-order chi connectivity index (χ0) is 11.2. The molecule has 0 aliphatic carbocycles. The van der Waals surface area contributed by atoms with E-state index in [-0.39, 0.29) is 0 Å². The maximum absolute atomic E-state index is 5.65. The summed E-state index contributed by atoms with van der Waals surface area (Å²) in [5.74, 6) is 0.998. The van der Waals surface area contributed by atoms with Crippen LogP contribution in [-0.2, 0) is 17.8 Å². The van der Waals surface area contributed by atoms with Gasteiger partial charge in [0.05, 0.1) is 12.6 Å². The SMILES string of the molecule is CCn1cnnc1CNCC1CCCCO1. The quantitative estimate of drug-likeness (QED) is 0.809. The van der Waals surface area contributed by atoms with Gasteiger partial charge < -0.3 is 14.6 Å². The summed E-state index contributed by atoms with van der Waals surface area (Å²) in [6.07, 6.45) is 5.83. The minimum Gasteiger partial charge on any atom is -0.377 e. The molecule has 0 radical (unpaired) electrons. The Hall–Kier alpha value is -0.940. The molecule has 1 aromatic rings. The largest absolute Gasteiger partial charge is 0.377 e. The van der Waals surface area contributed by atoms with Gasteiger partial charge in [-0.15, -0.1) is 10.2 Å². The predicted molar refractivity (Wildman–Crippen MR) is 61.0 cm³/mol. The Labute approximate surface area is 96.2 Å². The highest BCUT2D eigenvalue weighted by Crippen LogP contribution is 2.11. The van der Waals surface area contributed by atoms with E-state index in [1.807, 2.05) is 0 Å². The lowest BCUT2D eigenvalue weighted by atomic mass is 10.1. The van der Waals surface area contributed by atoms with Crippen molar-refractivity contribution in [3.05, 3.63) is 12.2 Å². The van der Waals surface area contributed by atoms with E-state index in [1.54, 1.807) is 6.33 Å². The molecule has 0 bridgehead atoms. The molecule has 1 aliphatic heterocycles. The zero-order valence-electron chi connectivity index (χ0n) is 9.85. The van der Waals surface area contributed by atoms with Gasteiger partial charge in [-0.25, -0.2) is 0 Å². The van der Waals surface area contributed by atoms with Gasteiger partial charge in [0.25, 0.3) is 0 Å². The molecule has 2 heterocycles. The number of nitrogens with one attached hydrogen (secondary N) is 1. The van der Waals surface area contributed by atoms with E-state index < -0.39 is 0 Å². The van der Waals surface area contributed by atoms with E-state index in [4.69, 9.17) is 4.74 Å². The summed E-state index contributed by atoms with van der Waals surface area (Å²) in [4.78, 5) is 0. The average Bonchev–Trinajstić information content (AvgIpc) is 2.78. The van der Waals surface area contributed by atoms with Gasteiger partial charge in [-0.1, -0.05) is 0 Å². The Morgan fingerprint density at radius 3 is 3.25 bits per heavy atom. The van der Waals surface area contributed by atoms with Crippen LogP contribution < -0.4 is 5.32 Å². The van der Waals surface area contributed by atoms with Gasteiger partial charge in [-0.05, 0) is 26.2 Å². The maximum Gasteiger partial charge on any atom is 0.146 e. The van der Waals surface area contributed by atoms with Crippen LogP contribution in [0.15, 0.2) is 6.33 Å². The Morgan fingerprint density at radius 2 is 2.50 bits per heavy atom. The van der Waals surface area contributed by atoms with Crippen molar-refractivity contribution in [2.24, 2.45) is 0 Å². The molecular weight excluding hydrogens is 204 g/mol. The third kappa shape index (κ3) is 3.02. The third-order valence-electron chi connectivity index (χ3n) is 2.97. The number of aryl methyl sites for hydroxylation is 1. The molecule has 0 spiro atoms. The van der Waals surface area contributed by atoms with Crippen molar-refractivity contribution in [1.82, 2.24) is 20.1 Å². The summed E-state index contributed by atoms with van der Waals surface area (Å²) in [7, 11) is 0. The summed E-state index contributed by atoms with van der Waals surface area (Å²) in [6.45, 7) is 5.61. The van der Waals surface area contributed by atoms with E-state index >= 15 is 0 Å². The van der Waals surface area contributed by atoms with Crippen LogP contribution in [0.25, 0.3) is 0 Å². The van der Waals surface area contributed by atoms with E-state index in [0.29, 0.717) is 6.10 Å². The van der Waals surface area contributed by atoms with Gasteiger partial charge in [0.15, 0.2) is 0 Å². The Kier molecular flexibility index (Phi) is 4.30. The monoisotopic (exact) mass is 224 g/mol. The summed E-state index contributed by atoms with van der Waals surface area (Å²) in [6, 6.07) is 0. The highest BCUT2D eigenvalue weighted by atomic mass is 16.5. The highest BCUT2D eigenvalue weighted by molar-refractivity contribution is 4.84. The summed E-state index contributed by atoms with van der Waals surface area (Å²) >= 11 is 0. The summed E-state index contributed by atoms with van der Waals surface area (Å²) in [5, 5.41) is 11.4. The first kappa shape index (κ1) is 11.5. The second-order valence-electron chi connectivity index (χ2n) is 4.15. The molecule has 0 amide bonds. The molecule has 16 heavy (non-hydrogen) atoms. The van der Waals surface area contributed by atoms with E-state index in [9.17, 15) is 0 Å². The zero-order valence-corrected chi connectivity index (χ0v) is 9.85. The molecule has 1 fully saturated rings. The van der Waals surface area contributed by atoms with Crippen LogP contribution in [0, 0.1) is 0 Å². The molecule has 90 valence electrons. The molecule has 5 nitrogen and oxygen atoms in total. The Balaban J connectivity index is 1.71. The van der Waals surface area contributed by atoms with E-state index in [0.717, 1.165) is 32.1 Å².